The second-order valence-electron chi connectivity index (χ2n) is 4.27. The van der Waals surface area contributed by atoms with Gasteiger partial charge in [0, 0.05) is 25.0 Å². The molecule has 0 fully saturated rings. The van der Waals surface area contributed by atoms with Crippen LogP contribution in [0.5, 0.6) is 0 Å². The summed E-state index contributed by atoms with van der Waals surface area (Å²) in [5, 5.41) is 8.21. The zero-order valence-corrected chi connectivity index (χ0v) is 10.2. The molecular formula is C13H17N3O. The standard InChI is InChI=1S/C13H17N3O/c1-9-7-12(14)15-16-13(9)11-6-4-3-5-10(11)8-17-2/h3-6,9H,7-8H2,1-2H3,(H2,14,15). The van der Waals surface area contributed by atoms with Gasteiger partial charge >= 0.3 is 0 Å². The first-order valence-electron chi connectivity index (χ1n) is 5.69. The summed E-state index contributed by atoms with van der Waals surface area (Å²) in [6.07, 6.45) is 0.764. The van der Waals surface area contributed by atoms with Crippen molar-refractivity contribution in [2.24, 2.45) is 21.9 Å². The average Bonchev–Trinajstić information content (AvgIpc) is 2.31. The number of rotatable bonds is 3. The van der Waals surface area contributed by atoms with Gasteiger partial charge in [0.05, 0.1) is 12.3 Å². The van der Waals surface area contributed by atoms with Gasteiger partial charge in [-0.2, -0.15) is 5.10 Å². The lowest BCUT2D eigenvalue weighted by Crippen LogP contribution is -2.25. The van der Waals surface area contributed by atoms with Gasteiger partial charge in [0.1, 0.15) is 5.84 Å². The first-order valence-corrected chi connectivity index (χ1v) is 5.69. The molecule has 1 atom stereocenters. The SMILES string of the molecule is COCc1ccccc1C1=NN=C(N)CC1C. The van der Waals surface area contributed by atoms with Crippen molar-refractivity contribution in [2.75, 3.05) is 7.11 Å². The highest BCUT2D eigenvalue weighted by atomic mass is 16.5. The highest BCUT2D eigenvalue weighted by Gasteiger charge is 2.20. The topological polar surface area (TPSA) is 60.0 Å². The first kappa shape index (κ1) is 11.8. The van der Waals surface area contributed by atoms with Gasteiger partial charge in [-0.1, -0.05) is 31.2 Å². The Hall–Kier alpha value is -1.68. The number of nitrogens with two attached hydrogens (primary N) is 1. The van der Waals surface area contributed by atoms with Crippen LogP contribution in [0.3, 0.4) is 0 Å². The van der Waals surface area contributed by atoms with Crippen LogP contribution in [0.1, 0.15) is 24.5 Å². The zero-order valence-electron chi connectivity index (χ0n) is 10.2. The van der Waals surface area contributed by atoms with Crippen LogP contribution in [0.4, 0.5) is 0 Å². The van der Waals surface area contributed by atoms with Crippen LogP contribution in [-0.4, -0.2) is 18.7 Å². The zero-order chi connectivity index (χ0) is 12.3. The minimum Gasteiger partial charge on any atom is -0.386 e. The number of methoxy groups -OCH3 is 1. The number of ether oxygens (including phenoxy) is 1. The summed E-state index contributed by atoms with van der Waals surface area (Å²) in [7, 11) is 1.69. The Morgan fingerprint density at radius 2 is 2.12 bits per heavy atom. The van der Waals surface area contributed by atoms with E-state index in [2.05, 4.69) is 29.3 Å². The predicted octanol–water partition coefficient (Wildman–Crippen LogP) is 1.93. The maximum atomic E-state index is 5.68. The van der Waals surface area contributed by atoms with E-state index < -0.39 is 0 Å². The molecule has 2 N–H and O–H groups in total. The van der Waals surface area contributed by atoms with E-state index in [1.807, 2.05) is 12.1 Å². The molecule has 1 aromatic carbocycles. The maximum absolute atomic E-state index is 5.68. The highest BCUT2D eigenvalue weighted by Crippen LogP contribution is 2.20. The van der Waals surface area contributed by atoms with Crippen molar-refractivity contribution in [1.82, 2.24) is 0 Å². The molecule has 4 nitrogen and oxygen atoms in total. The second kappa shape index (κ2) is 5.10. The Morgan fingerprint density at radius 3 is 2.82 bits per heavy atom. The van der Waals surface area contributed by atoms with Crippen molar-refractivity contribution in [1.29, 1.82) is 0 Å². The molecular weight excluding hydrogens is 214 g/mol. The summed E-state index contributed by atoms with van der Waals surface area (Å²) >= 11 is 0. The fourth-order valence-corrected chi connectivity index (χ4v) is 2.04. The summed E-state index contributed by atoms with van der Waals surface area (Å²) in [6.45, 7) is 2.70. The summed E-state index contributed by atoms with van der Waals surface area (Å²) < 4.78 is 5.20. The minimum absolute atomic E-state index is 0.297. The van der Waals surface area contributed by atoms with Crippen molar-refractivity contribution in [3.63, 3.8) is 0 Å². The molecule has 0 aromatic heterocycles. The Labute approximate surface area is 101 Å². The molecule has 1 aliphatic heterocycles. The molecule has 0 bridgehead atoms. The smallest absolute Gasteiger partial charge is 0.123 e. The maximum Gasteiger partial charge on any atom is 0.123 e. The monoisotopic (exact) mass is 231 g/mol. The third-order valence-electron chi connectivity index (χ3n) is 2.86. The molecule has 1 heterocycles. The van der Waals surface area contributed by atoms with Crippen LogP contribution < -0.4 is 5.73 Å². The van der Waals surface area contributed by atoms with Gasteiger partial charge in [0.2, 0.25) is 0 Å². The van der Waals surface area contributed by atoms with Crippen LogP contribution in [0.2, 0.25) is 0 Å². The lowest BCUT2D eigenvalue weighted by Gasteiger charge is -2.19. The van der Waals surface area contributed by atoms with Crippen molar-refractivity contribution in [2.45, 2.75) is 20.0 Å². The summed E-state index contributed by atoms with van der Waals surface area (Å²) in [6, 6.07) is 8.12. The van der Waals surface area contributed by atoms with E-state index in [0.29, 0.717) is 18.4 Å². The fourth-order valence-electron chi connectivity index (χ4n) is 2.04. The molecule has 0 saturated heterocycles. The van der Waals surface area contributed by atoms with Crippen molar-refractivity contribution in [3.8, 4) is 0 Å². The normalized spacial score (nSPS) is 19.8. The van der Waals surface area contributed by atoms with Crippen molar-refractivity contribution in [3.05, 3.63) is 35.4 Å². The molecule has 4 heteroatoms. The van der Waals surface area contributed by atoms with E-state index in [-0.39, 0.29) is 0 Å². The number of hydrogen-bond acceptors (Lipinski definition) is 4. The molecule has 0 radical (unpaired) electrons. The van der Waals surface area contributed by atoms with Crippen molar-refractivity contribution < 1.29 is 4.74 Å². The molecule has 0 amide bonds. The van der Waals surface area contributed by atoms with Gasteiger partial charge in [0.25, 0.3) is 0 Å². The van der Waals surface area contributed by atoms with E-state index >= 15 is 0 Å². The van der Waals surface area contributed by atoms with Gasteiger partial charge in [-0.05, 0) is 5.56 Å². The van der Waals surface area contributed by atoms with Crippen LogP contribution in [-0.2, 0) is 11.3 Å². The molecule has 1 aliphatic rings. The molecule has 17 heavy (non-hydrogen) atoms. The van der Waals surface area contributed by atoms with Gasteiger partial charge in [-0.3, -0.25) is 0 Å². The van der Waals surface area contributed by atoms with Crippen LogP contribution in [0.15, 0.2) is 34.5 Å². The van der Waals surface area contributed by atoms with Crippen molar-refractivity contribution >= 4 is 11.5 Å². The molecule has 1 aromatic rings. The Balaban J connectivity index is 2.39. The highest BCUT2D eigenvalue weighted by molar-refractivity contribution is 6.06. The molecule has 2 rings (SSSR count). The van der Waals surface area contributed by atoms with E-state index in [1.165, 1.54) is 0 Å². The number of nitrogens with zero attached hydrogens (tertiary/aromatic N) is 2. The molecule has 0 saturated carbocycles. The lowest BCUT2D eigenvalue weighted by molar-refractivity contribution is 0.184. The summed E-state index contributed by atoms with van der Waals surface area (Å²) in [5.74, 6) is 0.899. The van der Waals surface area contributed by atoms with Crippen LogP contribution in [0, 0.1) is 5.92 Å². The van der Waals surface area contributed by atoms with Crippen LogP contribution >= 0.6 is 0 Å². The largest absolute Gasteiger partial charge is 0.386 e. The van der Waals surface area contributed by atoms with E-state index in [9.17, 15) is 0 Å². The molecule has 0 spiro atoms. The Morgan fingerprint density at radius 1 is 1.35 bits per heavy atom. The Bertz CT molecular complexity index is 465. The number of amidine groups is 1. The van der Waals surface area contributed by atoms with Gasteiger partial charge in [-0.25, -0.2) is 0 Å². The fraction of sp³-hybridized carbons (Fsp3) is 0.385. The van der Waals surface area contributed by atoms with E-state index in [4.69, 9.17) is 10.5 Å². The third kappa shape index (κ3) is 2.53. The Kier molecular flexibility index (Phi) is 3.54. The van der Waals surface area contributed by atoms with Gasteiger partial charge < -0.3 is 10.5 Å². The lowest BCUT2D eigenvalue weighted by atomic mass is 9.91. The van der Waals surface area contributed by atoms with Gasteiger partial charge in [0.15, 0.2) is 0 Å². The number of hydrogen-bond donors (Lipinski definition) is 1. The third-order valence-corrected chi connectivity index (χ3v) is 2.86. The number of benzene rings is 1. The summed E-state index contributed by atoms with van der Waals surface area (Å²) in [5.41, 5.74) is 8.92. The average molecular weight is 231 g/mol. The molecule has 1 unspecified atom stereocenters. The van der Waals surface area contributed by atoms with E-state index in [0.717, 1.165) is 23.3 Å². The summed E-state index contributed by atoms with van der Waals surface area (Å²) in [4.78, 5) is 0. The van der Waals surface area contributed by atoms with E-state index in [1.54, 1.807) is 7.11 Å². The van der Waals surface area contributed by atoms with Crippen LogP contribution in [0.25, 0.3) is 0 Å². The molecule has 90 valence electrons. The van der Waals surface area contributed by atoms with Gasteiger partial charge in [-0.15, -0.1) is 5.10 Å². The quantitative estimate of drug-likeness (QED) is 0.864. The molecule has 0 aliphatic carbocycles. The minimum atomic E-state index is 0.297. The first-order chi connectivity index (χ1) is 8.22. The predicted molar refractivity (Wildman–Crippen MR) is 69.1 cm³/mol. The second-order valence-corrected chi connectivity index (χ2v) is 4.27.